The zero-order valence-electron chi connectivity index (χ0n) is 7.79. The van der Waals surface area contributed by atoms with Crippen LogP contribution in [0.3, 0.4) is 0 Å². The van der Waals surface area contributed by atoms with Crippen molar-refractivity contribution in [3.63, 3.8) is 0 Å². The van der Waals surface area contributed by atoms with E-state index in [0.717, 1.165) is 12.0 Å². The lowest BCUT2D eigenvalue weighted by Crippen LogP contribution is -2.19. The molecule has 1 aromatic heterocycles. The summed E-state index contributed by atoms with van der Waals surface area (Å²) in [6.07, 6.45) is 10.4. The highest BCUT2D eigenvalue weighted by Gasteiger charge is 2.23. The van der Waals surface area contributed by atoms with Crippen LogP contribution >= 0.6 is 0 Å². The lowest BCUT2D eigenvalue weighted by Gasteiger charge is -2.20. The van der Waals surface area contributed by atoms with Gasteiger partial charge in [0.1, 0.15) is 0 Å². The van der Waals surface area contributed by atoms with Gasteiger partial charge in [0.05, 0.1) is 18.1 Å². The highest BCUT2D eigenvalue weighted by molar-refractivity contribution is 5.14. The minimum Gasteiger partial charge on any atom is -0.472 e. The van der Waals surface area contributed by atoms with Crippen molar-refractivity contribution < 1.29 is 9.52 Å². The molecule has 0 aliphatic carbocycles. The molecule has 0 aliphatic heterocycles. The maximum absolute atomic E-state index is 9.97. The van der Waals surface area contributed by atoms with Crippen LogP contribution in [0, 0.1) is 12.3 Å². The number of terminal acetylenes is 1. The van der Waals surface area contributed by atoms with E-state index < -0.39 is 5.60 Å². The molecular formula is C11H14O2. The van der Waals surface area contributed by atoms with E-state index in [9.17, 15) is 5.11 Å². The first-order valence-corrected chi connectivity index (χ1v) is 4.35. The number of rotatable bonds is 4. The van der Waals surface area contributed by atoms with Crippen LogP contribution in [0.15, 0.2) is 23.0 Å². The number of aliphatic hydroxyl groups is 1. The monoisotopic (exact) mass is 178 g/mol. The van der Waals surface area contributed by atoms with E-state index in [2.05, 4.69) is 5.92 Å². The Hall–Kier alpha value is -1.20. The molecule has 0 aromatic carbocycles. The molecule has 2 nitrogen and oxygen atoms in total. The van der Waals surface area contributed by atoms with Gasteiger partial charge in [-0.15, -0.1) is 12.3 Å². The zero-order chi connectivity index (χ0) is 9.73. The molecule has 0 bridgehead atoms. The molecule has 0 spiro atoms. The second kappa shape index (κ2) is 4.15. The summed E-state index contributed by atoms with van der Waals surface area (Å²) in [5, 5.41) is 9.97. The van der Waals surface area contributed by atoms with Crippen LogP contribution in [-0.4, -0.2) is 5.11 Å². The van der Waals surface area contributed by atoms with Crippen molar-refractivity contribution in [2.75, 3.05) is 0 Å². The van der Waals surface area contributed by atoms with Gasteiger partial charge in [-0.2, -0.15) is 0 Å². The van der Waals surface area contributed by atoms with Gasteiger partial charge < -0.3 is 9.52 Å². The predicted octanol–water partition coefficient (Wildman–Crippen LogP) is 2.29. The quantitative estimate of drug-likeness (QED) is 0.567. The lowest BCUT2D eigenvalue weighted by atomic mass is 9.93. The normalized spacial score (nSPS) is 14.8. The van der Waals surface area contributed by atoms with E-state index in [1.54, 1.807) is 25.5 Å². The van der Waals surface area contributed by atoms with Crippen molar-refractivity contribution in [2.45, 2.75) is 31.8 Å². The second-order valence-electron chi connectivity index (χ2n) is 3.34. The summed E-state index contributed by atoms with van der Waals surface area (Å²) in [7, 11) is 0. The van der Waals surface area contributed by atoms with E-state index in [4.69, 9.17) is 10.8 Å². The topological polar surface area (TPSA) is 33.4 Å². The van der Waals surface area contributed by atoms with E-state index in [1.807, 2.05) is 0 Å². The second-order valence-corrected chi connectivity index (χ2v) is 3.34. The summed E-state index contributed by atoms with van der Waals surface area (Å²) in [5.41, 5.74) is -0.00588. The molecule has 1 unspecified atom stereocenters. The molecule has 0 saturated carbocycles. The van der Waals surface area contributed by atoms with Crippen LogP contribution < -0.4 is 0 Å². The molecule has 0 aliphatic rings. The van der Waals surface area contributed by atoms with Crippen molar-refractivity contribution in [1.29, 1.82) is 0 Å². The Balaban J connectivity index is 2.52. The third kappa shape index (κ3) is 2.64. The largest absolute Gasteiger partial charge is 0.472 e. The summed E-state index contributed by atoms with van der Waals surface area (Å²) in [6.45, 7) is 1.77. The van der Waals surface area contributed by atoms with Crippen LogP contribution in [0.2, 0.25) is 0 Å². The van der Waals surface area contributed by atoms with E-state index >= 15 is 0 Å². The predicted molar refractivity (Wildman–Crippen MR) is 51.0 cm³/mol. The third-order valence-electron chi connectivity index (χ3n) is 2.13. The Morgan fingerprint density at radius 1 is 1.69 bits per heavy atom. The first-order chi connectivity index (χ1) is 6.17. The molecule has 70 valence electrons. The van der Waals surface area contributed by atoms with Crippen LogP contribution in [0.4, 0.5) is 0 Å². The van der Waals surface area contributed by atoms with Gasteiger partial charge in [-0.3, -0.25) is 0 Å². The molecule has 1 heterocycles. The van der Waals surface area contributed by atoms with Crippen LogP contribution in [0.5, 0.6) is 0 Å². The summed E-state index contributed by atoms with van der Waals surface area (Å²) in [4.78, 5) is 0. The maximum Gasteiger partial charge on any atom is 0.0963 e. The van der Waals surface area contributed by atoms with Crippen molar-refractivity contribution in [1.82, 2.24) is 0 Å². The van der Waals surface area contributed by atoms with Crippen LogP contribution in [0.1, 0.15) is 31.7 Å². The van der Waals surface area contributed by atoms with Gasteiger partial charge in [0.2, 0.25) is 0 Å². The van der Waals surface area contributed by atoms with E-state index in [0.29, 0.717) is 12.8 Å². The first kappa shape index (κ1) is 9.88. The summed E-state index contributed by atoms with van der Waals surface area (Å²) < 4.78 is 4.91. The average Bonchev–Trinajstić information content (AvgIpc) is 2.56. The third-order valence-corrected chi connectivity index (χ3v) is 2.13. The molecule has 0 fully saturated rings. The fourth-order valence-corrected chi connectivity index (χ4v) is 1.25. The summed E-state index contributed by atoms with van der Waals surface area (Å²) >= 11 is 0. The van der Waals surface area contributed by atoms with Crippen LogP contribution in [-0.2, 0) is 5.60 Å². The van der Waals surface area contributed by atoms with Crippen molar-refractivity contribution in [3.8, 4) is 12.3 Å². The molecule has 0 saturated heterocycles. The summed E-state index contributed by atoms with van der Waals surface area (Å²) in [6, 6.07) is 1.77. The first-order valence-electron chi connectivity index (χ1n) is 4.35. The van der Waals surface area contributed by atoms with Gasteiger partial charge in [0.25, 0.3) is 0 Å². The highest BCUT2D eigenvalue weighted by atomic mass is 16.3. The fraction of sp³-hybridized carbons (Fsp3) is 0.455. The Labute approximate surface area is 78.6 Å². The van der Waals surface area contributed by atoms with Gasteiger partial charge in [0, 0.05) is 12.0 Å². The number of hydrogen-bond donors (Lipinski definition) is 1. The molecular weight excluding hydrogens is 164 g/mol. The number of furan rings is 1. The molecule has 1 aromatic rings. The number of unbranched alkanes of at least 4 members (excludes halogenated alkanes) is 1. The minimum atomic E-state index is -0.816. The maximum atomic E-state index is 9.97. The Bertz CT molecular complexity index is 278. The van der Waals surface area contributed by atoms with Gasteiger partial charge in [0.15, 0.2) is 0 Å². The average molecular weight is 178 g/mol. The summed E-state index contributed by atoms with van der Waals surface area (Å²) in [5.74, 6) is 2.55. The molecule has 0 radical (unpaired) electrons. The molecule has 1 rings (SSSR count). The molecule has 1 N–H and O–H groups in total. The number of hydrogen-bond acceptors (Lipinski definition) is 2. The van der Waals surface area contributed by atoms with E-state index in [1.165, 1.54) is 0 Å². The Morgan fingerprint density at radius 3 is 3.00 bits per heavy atom. The van der Waals surface area contributed by atoms with Gasteiger partial charge >= 0.3 is 0 Å². The standard InChI is InChI=1S/C11H14O2/c1-3-4-5-7-11(2,12)10-6-8-13-9-10/h1,6,8-9,12H,4-5,7H2,2H3. The van der Waals surface area contributed by atoms with E-state index in [-0.39, 0.29) is 0 Å². The van der Waals surface area contributed by atoms with Crippen molar-refractivity contribution >= 4 is 0 Å². The lowest BCUT2D eigenvalue weighted by molar-refractivity contribution is 0.0454. The van der Waals surface area contributed by atoms with Gasteiger partial charge in [-0.05, 0) is 25.8 Å². The Kier molecular flexibility index (Phi) is 3.16. The minimum absolute atomic E-state index is 0.663. The molecule has 2 heteroatoms. The van der Waals surface area contributed by atoms with Crippen LogP contribution in [0.25, 0.3) is 0 Å². The highest BCUT2D eigenvalue weighted by Crippen LogP contribution is 2.26. The van der Waals surface area contributed by atoms with Gasteiger partial charge in [-0.25, -0.2) is 0 Å². The molecule has 0 amide bonds. The molecule has 13 heavy (non-hydrogen) atoms. The zero-order valence-corrected chi connectivity index (χ0v) is 7.79. The van der Waals surface area contributed by atoms with Crippen molar-refractivity contribution in [2.24, 2.45) is 0 Å². The fourth-order valence-electron chi connectivity index (χ4n) is 1.25. The van der Waals surface area contributed by atoms with Gasteiger partial charge in [-0.1, -0.05) is 0 Å². The Morgan fingerprint density at radius 2 is 2.46 bits per heavy atom. The SMILES string of the molecule is C#CCCCC(C)(O)c1ccoc1. The molecule has 1 atom stereocenters. The smallest absolute Gasteiger partial charge is 0.0963 e. The van der Waals surface area contributed by atoms with Crippen molar-refractivity contribution in [3.05, 3.63) is 24.2 Å².